The van der Waals surface area contributed by atoms with Crippen LogP contribution in [-0.4, -0.2) is 50.7 Å². The molecule has 6 rings (SSSR count). The molecule has 0 atom stereocenters. The molecule has 0 saturated carbocycles. The van der Waals surface area contributed by atoms with Gasteiger partial charge in [0.25, 0.3) is 0 Å². The van der Waals surface area contributed by atoms with Crippen molar-refractivity contribution < 1.29 is 0 Å². The van der Waals surface area contributed by atoms with Crippen LogP contribution in [0.4, 0.5) is 5.82 Å². The first-order valence-electron chi connectivity index (χ1n) is 11.7. The van der Waals surface area contributed by atoms with Crippen LogP contribution in [0.3, 0.4) is 0 Å². The Kier molecular flexibility index (Phi) is 4.34. The van der Waals surface area contributed by atoms with Crippen molar-refractivity contribution in [2.24, 2.45) is 5.41 Å². The van der Waals surface area contributed by atoms with E-state index in [0.717, 1.165) is 59.9 Å². The fourth-order valence-corrected chi connectivity index (χ4v) is 5.68. The predicted octanol–water partition coefficient (Wildman–Crippen LogP) is 4.20. The minimum Gasteiger partial charge on any atom is -0.355 e. The highest BCUT2D eigenvalue weighted by atomic mass is 15.3. The van der Waals surface area contributed by atoms with E-state index in [2.05, 4.69) is 71.3 Å². The standard InChI is InChI=1S/C25H31N7/c1-15(2)21-22(18-11-32-24(27-14-28-32)17(4)16(18)3)29-19-5-6-20(30-23(19)21)31-12-25(13-31)7-9-26-10-8-25/h5-6,11,14-15,26,29H,7-10,12-13H2,1-4H3. The number of aromatic nitrogens is 5. The zero-order chi connectivity index (χ0) is 22.0. The van der Waals surface area contributed by atoms with Gasteiger partial charge in [-0.25, -0.2) is 14.5 Å². The van der Waals surface area contributed by atoms with Crippen molar-refractivity contribution in [2.45, 2.75) is 46.5 Å². The number of hydrogen-bond acceptors (Lipinski definition) is 5. The van der Waals surface area contributed by atoms with Crippen LogP contribution < -0.4 is 10.2 Å². The van der Waals surface area contributed by atoms with Crippen molar-refractivity contribution in [3.8, 4) is 11.3 Å². The number of nitrogens with one attached hydrogen (secondary N) is 2. The number of anilines is 1. The minimum absolute atomic E-state index is 0.347. The second-order valence-electron chi connectivity index (χ2n) is 10.1. The lowest BCUT2D eigenvalue weighted by Gasteiger charge is -2.53. The van der Waals surface area contributed by atoms with Crippen LogP contribution >= 0.6 is 0 Å². The van der Waals surface area contributed by atoms with E-state index < -0.39 is 0 Å². The molecule has 2 fully saturated rings. The van der Waals surface area contributed by atoms with E-state index in [4.69, 9.17) is 4.98 Å². The fourth-order valence-electron chi connectivity index (χ4n) is 5.68. The molecule has 1 spiro atoms. The molecule has 0 radical (unpaired) electrons. The molecule has 7 heteroatoms. The summed E-state index contributed by atoms with van der Waals surface area (Å²) in [5.41, 5.74) is 9.59. The number of hydrogen-bond donors (Lipinski definition) is 2. The number of piperidine rings is 1. The van der Waals surface area contributed by atoms with Gasteiger partial charge in [-0.1, -0.05) is 13.8 Å². The number of aromatic amines is 1. The highest BCUT2D eigenvalue weighted by Gasteiger charge is 2.44. The summed E-state index contributed by atoms with van der Waals surface area (Å²) in [4.78, 5) is 15.8. The molecule has 4 aromatic heterocycles. The third-order valence-electron chi connectivity index (χ3n) is 7.68. The fraction of sp³-hybridized carbons (Fsp3) is 0.480. The van der Waals surface area contributed by atoms with Crippen molar-refractivity contribution in [3.05, 3.63) is 41.3 Å². The highest BCUT2D eigenvalue weighted by molar-refractivity contribution is 5.90. The average Bonchev–Trinajstić information content (AvgIpc) is 3.39. The maximum atomic E-state index is 5.19. The van der Waals surface area contributed by atoms with Crippen molar-refractivity contribution >= 4 is 22.5 Å². The summed E-state index contributed by atoms with van der Waals surface area (Å²) in [6, 6.07) is 4.38. The van der Waals surface area contributed by atoms with E-state index >= 15 is 0 Å². The van der Waals surface area contributed by atoms with Crippen molar-refractivity contribution in [2.75, 3.05) is 31.1 Å². The molecule has 6 heterocycles. The minimum atomic E-state index is 0.347. The van der Waals surface area contributed by atoms with E-state index in [1.165, 1.54) is 29.5 Å². The molecule has 2 aliphatic rings. The van der Waals surface area contributed by atoms with Gasteiger partial charge in [0.2, 0.25) is 0 Å². The zero-order valence-electron chi connectivity index (χ0n) is 19.4. The first kappa shape index (κ1) is 19.7. The molecular weight excluding hydrogens is 398 g/mol. The van der Waals surface area contributed by atoms with Gasteiger partial charge < -0.3 is 15.2 Å². The first-order valence-corrected chi connectivity index (χ1v) is 11.7. The lowest BCUT2D eigenvalue weighted by molar-refractivity contribution is 0.149. The molecule has 2 saturated heterocycles. The number of pyridine rings is 2. The second kappa shape index (κ2) is 7.04. The van der Waals surface area contributed by atoms with Crippen LogP contribution in [0.25, 0.3) is 27.9 Å². The summed E-state index contributed by atoms with van der Waals surface area (Å²) >= 11 is 0. The van der Waals surface area contributed by atoms with Gasteiger partial charge in [0.15, 0.2) is 5.65 Å². The van der Waals surface area contributed by atoms with E-state index in [1.54, 1.807) is 6.33 Å². The number of H-pyrrole nitrogens is 1. The molecule has 32 heavy (non-hydrogen) atoms. The van der Waals surface area contributed by atoms with Crippen LogP contribution in [0.1, 0.15) is 49.3 Å². The molecule has 2 aliphatic heterocycles. The molecule has 7 nitrogen and oxygen atoms in total. The maximum absolute atomic E-state index is 5.19. The van der Waals surface area contributed by atoms with Crippen LogP contribution in [0, 0.1) is 19.3 Å². The van der Waals surface area contributed by atoms with Gasteiger partial charge in [0, 0.05) is 35.8 Å². The smallest absolute Gasteiger partial charge is 0.158 e. The van der Waals surface area contributed by atoms with Gasteiger partial charge >= 0.3 is 0 Å². The summed E-state index contributed by atoms with van der Waals surface area (Å²) < 4.78 is 1.88. The van der Waals surface area contributed by atoms with Crippen molar-refractivity contribution in [1.82, 2.24) is 29.9 Å². The molecule has 0 bridgehead atoms. The molecule has 4 aromatic rings. The van der Waals surface area contributed by atoms with Crippen molar-refractivity contribution in [1.29, 1.82) is 0 Å². The van der Waals surface area contributed by atoms with Crippen LogP contribution in [0.15, 0.2) is 24.7 Å². The van der Waals surface area contributed by atoms with E-state index in [1.807, 2.05) is 4.52 Å². The lowest BCUT2D eigenvalue weighted by Crippen LogP contribution is -2.60. The number of fused-ring (bicyclic) bond motifs is 2. The number of nitrogens with zero attached hydrogens (tertiary/aromatic N) is 5. The average molecular weight is 430 g/mol. The lowest BCUT2D eigenvalue weighted by atomic mass is 9.72. The van der Waals surface area contributed by atoms with Gasteiger partial charge in [0.05, 0.1) is 16.7 Å². The van der Waals surface area contributed by atoms with Gasteiger partial charge in [-0.05, 0) is 69.0 Å². The van der Waals surface area contributed by atoms with Gasteiger partial charge in [0.1, 0.15) is 12.1 Å². The summed E-state index contributed by atoms with van der Waals surface area (Å²) in [6.07, 6.45) is 6.27. The molecule has 0 aliphatic carbocycles. The van der Waals surface area contributed by atoms with Crippen molar-refractivity contribution in [3.63, 3.8) is 0 Å². The quantitative estimate of drug-likeness (QED) is 0.511. The molecule has 0 amide bonds. The zero-order valence-corrected chi connectivity index (χ0v) is 19.4. The Morgan fingerprint density at radius 2 is 1.84 bits per heavy atom. The summed E-state index contributed by atoms with van der Waals surface area (Å²) in [5, 5.41) is 7.89. The topological polar surface area (TPSA) is 74.1 Å². The predicted molar refractivity (Wildman–Crippen MR) is 128 cm³/mol. The molecule has 0 unspecified atom stereocenters. The molecule has 166 valence electrons. The SMILES string of the molecule is Cc1c(-c2[nH]c3ccc(N4CC5(CCNCC5)C4)nc3c2C(C)C)cn2ncnc2c1C. The van der Waals surface area contributed by atoms with Gasteiger partial charge in [-0.3, -0.25) is 0 Å². The summed E-state index contributed by atoms with van der Waals surface area (Å²) in [5.74, 6) is 1.45. The monoisotopic (exact) mass is 429 g/mol. The Morgan fingerprint density at radius 3 is 2.59 bits per heavy atom. The highest BCUT2D eigenvalue weighted by Crippen LogP contribution is 2.42. The van der Waals surface area contributed by atoms with Gasteiger partial charge in [-0.2, -0.15) is 5.10 Å². The Hall–Kier alpha value is -2.93. The summed E-state index contributed by atoms with van der Waals surface area (Å²) in [6.45, 7) is 13.4. The van der Waals surface area contributed by atoms with Crippen LogP contribution in [-0.2, 0) is 0 Å². The summed E-state index contributed by atoms with van der Waals surface area (Å²) in [7, 11) is 0. The van der Waals surface area contributed by atoms with Gasteiger partial charge in [-0.15, -0.1) is 0 Å². The Balaban J connectivity index is 1.44. The molecular formula is C25H31N7. The van der Waals surface area contributed by atoms with E-state index in [0.29, 0.717) is 11.3 Å². The maximum Gasteiger partial charge on any atom is 0.158 e. The molecule has 2 N–H and O–H groups in total. The Labute approximate surface area is 188 Å². The largest absolute Gasteiger partial charge is 0.355 e. The van der Waals surface area contributed by atoms with E-state index in [-0.39, 0.29) is 0 Å². The third kappa shape index (κ3) is 2.87. The first-order chi connectivity index (χ1) is 15.5. The number of aryl methyl sites for hydroxylation is 1. The third-order valence-corrected chi connectivity index (χ3v) is 7.68. The van der Waals surface area contributed by atoms with Crippen LogP contribution in [0.2, 0.25) is 0 Å². The Bertz CT molecular complexity index is 1320. The number of rotatable bonds is 3. The normalized spacial score (nSPS) is 18.2. The van der Waals surface area contributed by atoms with E-state index in [9.17, 15) is 0 Å². The molecule has 0 aromatic carbocycles. The van der Waals surface area contributed by atoms with Crippen LogP contribution in [0.5, 0.6) is 0 Å². The second-order valence-corrected chi connectivity index (χ2v) is 10.1. The Morgan fingerprint density at radius 1 is 1.06 bits per heavy atom.